The number of halogens is 2. The normalized spacial score (nSPS) is 18.6. The van der Waals surface area contributed by atoms with Gasteiger partial charge in [0.05, 0.1) is 6.07 Å². The highest BCUT2D eigenvalue weighted by atomic mass is 79.9. The molecule has 4 heteroatoms. The highest BCUT2D eigenvalue weighted by Gasteiger charge is 2.23. The third-order valence-electron chi connectivity index (χ3n) is 3.13. The van der Waals surface area contributed by atoms with E-state index in [4.69, 9.17) is 0 Å². The second kappa shape index (κ2) is 5.61. The summed E-state index contributed by atoms with van der Waals surface area (Å²) in [5.74, 6) is -0.291. The van der Waals surface area contributed by atoms with Gasteiger partial charge in [0.2, 0.25) is 0 Å². The summed E-state index contributed by atoms with van der Waals surface area (Å²) in [6.07, 6.45) is 3.45. The lowest BCUT2D eigenvalue weighted by Crippen LogP contribution is -2.33. The summed E-state index contributed by atoms with van der Waals surface area (Å²) in [6.45, 7) is 1.84. The number of likely N-dealkylation sites (tertiary alicyclic amines) is 1. The fourth-order valence-electron chi connectivity index (χ4n) is 2.25. The van der Waals surface area contributed by atoms with Crippen LogP contribution in [0.15, 0.2) is 22.7 Å². The molecule has 1 heterocycles. The number of benzene rings is 1. The average Bonchev–Trinajstić information content (AvgIpc) is 2.36. The van der Waals surface area contributed by atoms with Gasteiger partial charge in [-0.3, -0.25) is 4.90 Å². The van der Waals surface area contributed by atoms with Gasteiger partial charge in [-0.25, -0.2) is 4.39 Å². The molecule has 0 aliphatic carbocycles. The third kappa shape index (κ3) is 2.85. The van der Waals surface area contributed by atoms with Gasteiger partial charge >= 0.3 is 0 Å². The molecule has 2 nitrogen and oxygen atoms in total. The van der Waals surface area contributed by atoms with E-state index in [1.807, 2.05) is 0 Å². The summed E-state index contributed by atoms with van der Waals surface area (Å²) >= 11 is 3.39. The van der Waals surface area contributed by atoms with E-state index in [2.05, 4.69) is 26.9 Å². The van der Waals surface area contributed by atoms with Crippen LogP contribution in [0.3, 0.4) is 0 Å². The molecule has 0 aromatic heterocycles. The first-order valence-corrected chi connectivity index (χ1v) is 6.60. The second-order valence-corrected chi connectivity index (χ2v) is 5.15. The van der Waals surface area contributed by atoms with Crippen LogP contribution in [0.4, 0.5) is 4.39 Å². The van der Waals surface area contributed by atoms with E-state index in [9.17, 15) is 9.65 Å². The number of nitrogens with zero attached hydrogens (tertiary/aromatic N) is 2. The predicted octanol–water partition coefficient (Wildman–Crippen LogP) is 3.64. The Morgan fingerprint density at radius 3 is 2.65 bits per heavy atom. The fourth-order valence-corrected chi connectivity index (χ4v) is 2.71. The van der Waals surface area contributed by atoms with Crippen LogP contribution in [0, 0.1) is 17.1 Å². The van der Waals surface area contributed by atoms with Crippen LogP contribution in [0.5, 0.6) is 0 Å². The first-order chi connectivity index (χ1) is 8.22. The van der Waals surface area contributed by atoms with Crippen molar-refractivity contribution in [2.24, 2.45) is 0 Å². The molecular formula is C13H14BrFN2. The summed E-state index contributed by atoms with van der Waals surface area (Å²) < 4.78 is 14.1. The number of rotatable bonds is 2. The van der Waals surface area contributed by atoms with Gasteiger partial charge in [0.25, 0.3) is 0 Å². The van der Waals surface area contributed by atoms with Crippen molar-refractivity contribution in [3.63, 3.8) is 0 Å². The van der Waals surface area contributed by atoms with Gasteiger partial charge < -0.3 is 0 Å². The van der Waals surface area contributed by atoms with E-state index in [0.29, 0.717) is 0 Å². The van der Waals surface area contributed by atoms with Gasteiger partial charge in [0.1, 0.15) is 11.9 Å². The minimum atomic E-state index is -0.347. The molecule has 2 rings (SSSR count). The van der Waals surface area contributed by atoms with E-state index < -0.39 is 0 Å². The number of hydrogen-bond acceptors (Lipinski definition) is 2. The maximum Gasteiger partial charge on any atom is 0.125 e. The Balaban J connectivity index is 2.28. The molecule has 1 aromatic carbocycles. The lowest BCUT2D eigenvalue weighted by atomic mass is 10.0. The molecule has 0 bridgehead atoms. The lowest BCUT2D eigenvalue weighted by molar-refractivity contribution is 0.195. The Morgan fingerprint density at radius 2 is 2.00 bits per heavy atom. The first kappa shape index (κ1) is 12.5. The summed E-state index contributed by atoms with van der Waals surface area (Å²) in [7, 11) is 0. The van der Waals surface area contributed by atoms with Gasteiger partial charge in [-0.1, -0.05) is 22.4 Å². The summed E-state index contributed by atoms with van der Waals surface area (Å²) in [5.41, 5.74) is 0.731. The Kier molecular flexibility index (Phi) is 4.14. The van der Waals surface area contributed by atoms with Crippen LogP contribution in [0.2, 0.25) is 0 Å². The Hall–Kier alpha value is -0.920. The average molecular weight is 297 g/mol. The molecule has 90 valence electrons. The fraction of sp³-hybridized carbons (Fsp3) is 0.462. The largest absolute Gasteiger partial charge is 0.284 e. The highest BCUT2D eigenvalue weighted by molar-refractivity contribution is 9.10. The van der Waals surface area contributed by atoms with Crippen molar-refractivity contribution >= 4 is 15.9 Å². The predicted molar refractivity (Wildman–Crippen MR) is 67.9 cm³/mol. The quantitative estimate of drug-likeness (QED) is 0.833. The van der Waals surface area contributed by atoms with Crippen LogP contribution in [-0.2, 0) is 0 Å². The Morgan fingerprint density at radius 1 is 1.29 bits per heavy atom. The monoisotopic (exact) mass is 296 g/mol. The second-order valence-electron chi connectivity index (χ2n) is 4.29. The van der Waals surface area contributed by atoms with Gasteiger partial charge in [0, 0.05) is 10.0 Å². The zero-order chi connectivity index (χ0) is 12.3. The number of piperidine rings is 1. The third-order valence-corrected chi connectivity index (χ3v) is 3.85. The molecule has 0 amide bonds. The highest BCUT2D eigenvalue weighted by Crippen LogP contribution is 2.30. The van der Waals surface area contributed by atoms with E-state index in [1.54, 1.807) is 6.07 Å². The van der Waals surface area contributed by atoms with E-state index in [-0.39, 0.29) is 11.9 Å². The molecule has 0 spiro atoms. The molecule has 0 radical (unpaired) electrons. The Bertz CT molecular complexity index is 436. The van der Waals surface area contributed by atoms with E-state index >= 15 is 0 Å². The molecule has 1 aromatic rings. The van der Waals surface area contributed by atoms with Crippen molar-refractivity contribution in [3.05, 3.63) is 34.1 Å². The Labute approximate surface area is 109 Å². The topological polar surface area (TPSA) is 27.0 Å². The van der Waals surface area contributed by atoms with Crippen LogP contribution in [0.25, 0.3) is 0 Å². The van der Waals surface area contributed by atoms with Crippen molar-refractivity contribution in [2.75, 3.05) is 13.1 Å². The SMILES string of the molecule is N#CC(c1cc(F)ccc1Br)N1CCCCC1. The van der Waals surface area contributed by atoms with Crippen LogP contribution in [-0.4, -0.2) is 18.0 Å². The molecule has 1 unspecified atom stereocenters. The van der Waals surface area contributed by atoms with Crippen LogP contribution in [0.1, 0.15) is 30.9 Å². The first-order valence-electron chi connectivity index (χ1n) is 5.81. The van der Waals surface area contributed by atoms with Crippen LogP contribution >= 0.6 is 15.9 Å². The van der Waals surface area contributed by atoms with Crippen molar-refractivity contribution < 1.29 is 4.39 Å². The zero-order valence-corrected chi connectivity index (χ0v) is 11.1. The maximum atomic E-state index is 13.3. The molecule has 1 atom stereocenters. The molecule has 1 aliphatic rings. The van der Waals surface area contributed by atoms with Crippen LogP contribution < -0.4 is 0 Å². The van der Waals surface area contributed by atoms with Crippen molar-refractivity contribution in [1.29, 1.82) is 5.26 Å². The van der Waals surface area contributed by atoms with Gasteiger partial charge in [-0.05, 0) is 44.1 Å². The van der Waals surface area contributed by atoms with Crippen molar-refractivity contribution in [2.45, 2.75) is 25.3 Å². The summed E-state index contributed by atoms with van der Waals surface area (Å²) in [4.78, 5) is 2.13. The molecule has 0 saturated carbocycles. The molecular weight excluding hydrogens is 283 g/mol. The van der Waals surface area contributed by atoms with Gasteiger partial charge in [-0.2, -0.15) is 5.26 Å². The smallest absolute Gasteiger partial charge is 0.125 e. The lowest BCUT2D eigenvalue weighted by Gasteiger charge is -2.31. The molecule has 1 fully saturated rings. The number of nitriles is 1. The van der Waals surface area contributed by atoms with Gasteiger partial charge in [-0.15, -0.1) is 0 Å². The van der Waals surface area contributed by atoms with Crippen molar-refractivity contribution in [3.8, 4) is 6.07 Å². The van der Waals surface area contributed by atoms with Gasteiger partial charge in [0.15, 0.2) is 0 Å². The number of hydrogen-bond donors (Lipinski definition) is 0. The molecule has 1 saturated heterocycles. The standard InChI is InChI=1S/C13H14BrFN2/c14-12-5-4-10(15)8-11(12)13(9-16)17-6-2-1-3-7-17/h4-5,8,13H,1-3,6-7H2. The summed E-state index contributed by atoms with van der Waals surface area (Å²) in [6, 6.07) is 6.46. The van der Waals surface area contributed by atoms with Crippen molar-refractivity contribution in [1.82, 2.24) is 4.90 Å². The van der Waals surface area contributed by atoms with E-state index in [0.717, 1.165) is 36.0 Å². The minimum absolute atomic E-state index is 0.291. The minimum Gasteiger partial charge on any atom is -0.284 e. The zero-order valence-electron chi connectivity index (χ0n) is 9.50. The van der Waals surface area contributed by atoms with E-state index in [1.165, 1.54) is 18.6 Å². The summed E-state index contributed by atoms with van der Waals surface area (Å²) in [5, 5.41) is 9.31. The molecule has 0 N–H and O–H groups in total. The maximum absolute atomic E-state index is 13.3. The molecule has 17 heavy (non-hydrogen) atoms. The molecule has 1 aliphatic heterocycles.